The smallest absolute Gasteiger partial charge is 0.251 e. The number of nitrogens with one attached hydrogen (secondary N) is 1. The first kappa shape index (κ1) is 19.9. The second-order valence-electron chi connectivity index (χ2n) is 7.56. The molecule has 1 heterocycles. The number of carbonyl (C=O) groups excluding carboxylic acids is 1. The molecule has 0 saturated heterocycles. The normalized spacial score (nSPS) is 12.0. The van der Waals surface area contributed by atoms with Crippen molar-refractivity contribution in [3.63, 3.8) is 0 Å². The van der Waals surface area contributed by atoms with Crippen molar-refractivity contribution in [2.45, 2.75) is 38.8 Å². The van der Waals surface area contributed by atoms with Crippen molar-refractivity contribution in [1.29, 1.82) is 0 Å². The lowest BCUT2D eigenvalue weighted by atomic mass is 10.1. The molecule has 0 fully saturated rings. The molecule has 0 spiro atoms. The molecule has 1 atom stereocenters. The lowest BCUT2D eigenvalue weighted by molar-refractivity contribution is 0.0931. The van der Waals surface area contributed by atoms with Crippen LogP contribution in [0.5, 0.6) is 0 Å². The zero-order chi connectivity index (χ0) is 20.8. The van der Waals surface area contributed by atoms with E-state index in [1.54, 1.807) is 0 Å². The molecule has 30 heavy (non-hydrogen) atoms. The van der Waals surface area contributed by atoms with E-state index in [9.17, 15) is 4.79 Å². The van der Waals surface area contributed by atoms with Gasteiger partial charge in [-0.05, 0) is 36.2 Å². The molecule has 0 aliphatic heterocycles. The second-order valence-corrected chi connectivity index (χ2v) is 7.56. The maximum atomic E-state index is 12.9. The second kappa shape index (κ2) is 9.40. The van der Waals surface area contributed by atoms with E-state index in [0.717, 1.165) is 42.7 Å². The molecule has 0 radical (unpaired) electrons. The Morgan fingerprint density at radius 3 is 2.33 bits per heavy atom. The zero-order valence-electron chi connectivity index (χ0n) is 17.3. The molecular weight excluding hydrogens is 370 g/mol. The van der Waals surface area contributed by atoms with Crippen LogP contribution in [-0.2, 0) is 6.54 Å². The number of rotatable bonds is 8. The van der Waals surface area contributed by atoms with Gasteiger partial charge in [0, 0.05) is 12.1 Å². The number of fused-ring (bicyclic) bond motifs is 1. The van der Waals surface area contributed by atoms with Gasteiger partial charge in [0.2, 0.25) is 0 Å². The van der Waals surface area contributed by atoms with Crippen molar-refractivity contribution in [2.75, 3.05) is 0 Å². The summed E-state index contributed by atoms with van der Waals surface area (Å²) in [5.41, 5.74) is 3.93. The number of imidazole rings is 1. The van der Waals surface area contributed by atoms with Crippen LogP contribution in [0.1, 0.15) is 54.0 Å². The van der Waals surface area contributed by atoms with Crippen molar-refractivity contribution < 1.29 is 4.79 Å². The van der Waals surface area contributed by atoms with Crippen LogP contribution in [0, 0.1) is 0 Å². The van der Waals surface area contributed by atoms with E-state index >= 15 is 0 Å². The molecular formula is C26H27N3O. The van der Waals surface area contributed by atoms with Crippen LogP contribution >= 0.6 is 0 Å². The topological polar surface area (TPSA) is 46.9 Å². The molecule has 1 N–H and O–H groups in total. The summed E-state index contributed by atoms with van der Waals surface area (Å²) in [4.78, 5) is 17.9. The summed E-state index contributed by atoms with van der Waals surface area (Å²) < 4.78 is 2.25. The van der Waals surface area contributed by atoms with Gasteiger partial charge in [-0.3, -0.25) is 4.79 Å². The summed E-state index contributed by atoms with van der Waals surface area (Å²) in [5.74, 6) is 0.854. The van der Waals surface area contributed by atoms with Crippen LogP contribution in [0.15, 0.2) is 84.9 Å². The predicted octanol–water partition coefficient (Wildman–Crippen LogP) is 5.75. The van der Waals surface area contributed by atoms with Gasteiger partial charge in [0.1, 0.15) is 5.82 Å². The first-order valence-electron chi connectivity index (χ1n) is 10.6. The number of hydrogen-bond donors (Lipinski definition) is 1. The first-order chi connectivity index (χ1) is 14.8. The van der Waals surface area contributed by atoms with Crippen molar-refractivity contribution in [1.82, 2.24) is 14.9 Å². The summed E-state index contributed by atoms with van der Waals surface area (Å²) in [6.45, 7) is 2.89. The SMILES string of the molecule is CCCCC(NC(=O)c1ccccc1)c1nc2ccccc2n1Cc1ccccc1. The Balaban J connectivity index is 1.73. The Kier molecular flexibility index (Phi) is 6.23. The Bertz CT molecular complexity index is 1100. The Labute approximate surface area is 177 Å². The van der Waals surface area contributed by atoms with E-state index in [2.05, 4.69) is 47.1 Å². The van der Waals surface area contributed by atoms with Crippen molar-refractivity contribution in [3.8, 4) is 0 Å². The number of nitrogens with zero attached hydrogens (tertiary/aromatic N) is 2. The molecule has 1 unspecified atom stereocenters. The highest BCUT2D eigenvalue weighted by Crippen LogP contribution is 2.26. The number of benzene rings is 3. The van der Waals surface area contributed by atoms with Gasteiger partial charge in [-0.25, -0.2) is 4.98 Å². The highest BCUT2D eigenvalue weighted by atomic mass is 16.1. The molecule has 152 valence electrons. The fourth-order valence-electron chi connectivity index (χ4n) is 3.80. The van der Waals surface area contributed by atoms with Crippen LogP contribution in [0.25, 0.3) is 11.0 Å². The summed E-state index contributed by atoms with van der Waals surface area (Å²) in [5, 5.41) is 3.25. The third-order valence-electron chi connectivity index (χ3n) is 5.37. The average Bonchev–Trinajstić information content (AvgIpc) is 3.16. The van der Waals surface area contributed by atoms with Crippen LogP contribution in [-0.4, -0.2) is 15.5 Å². The van der Waals surface area contributed by atoms with Crippen LogP contribution in [0.2, 0.25) is 0 Å². The Morgan fingerprint density at radius 2 is 1.60 bits per heavy atom. The first-order valence-corrected chi connectivity index (χ1v) is 10.6. The van der Waals surface area contributed by atoms with E-state index in [1.807, 2.05) is 54.6 Å². The summed E-state index contributed by atoms with van der Waals surface area (Å²) in [7, 11) is 0. The van der Waals surface area contributed by atoms with Gasteiger partial charge in [0.05, 0.1) is 17.1 Å². The van der Waals surface area contributed by atoms with E-state index in [1.165, 1.54) is 5.56 Å². The number of amides is 1. The quantitative estimate of drug-likeness (QED) is 0.412. The maximum Gasteiger partial charge on any atom is 0.251 e. The molecule has 0 aliphatic rings. The Hall–Kier alpha value is -3.40. The zero-order valence-corrected chi connectivity index (χ0v) is 17.3. The maximum absolute atomic E-state index is 12.9. The number of unbranched alkanes of at least 4 members (excludes halogenated alkanes) is 1. The van der Waals surface area contributed by atoms with Gasteiger partial charge in [-0.15, -0.1) is 0 Å². The minimum Gasteiger partial charge on any atom is -0.342 e. The minimum absolute atomic E-state index is 0.0602. The molecule has 3 aromatic carbocycles. The molecule has 1 amide bonds. The van der Waals surface area contributed by atoms with E-state index < -0.39 is 0 Å². The van der Waals surface area contributed by atoms with E-state index in [0.29, 0.717) is 5.56 Å². The average molecular weight is 398 g/mol. The Morgan fingerprint density at radius 1 is 0.933 bits per heavy atom. The molecule has 4 heteroatoms. The largest absolute Gasteiger partial charge is 0.342 e. The number of para-hydroxylation sites is 2. The number of hydrogen-bond acceptors (Lipinski definition) is 2. The molecule has 4 aromatic rings. The van der Waals surface area contributed by atoms with Crippen LogP contribution in [0.3, 0.4) is 0 Å². The molecule has 0 bridgehead atoms. The third-order valence-corrected chi connectivity index (χ3v) is 5.37. The van der Waals surface area contributed by atoms with Gasteiger partial charge in [-0.2, -0.15) is 0 Å². The minimum atomic E-state index is -0.145. The van der Waals surface area contributed by atoms with Crippen LogP contribution < -0.4 is 5.32 Å². The summed E-state index contributed by atoms with van der Waals surface area (Å²) in [6, 6.07) is 27.8. The van der Waals surface area contributed by atoms with Crippen molar-refractivity contribution in [3.05, 3.63) is 102 Å². The third kappa shape index (κ3) is 4.43. The molecule has 0 saturated carbocycles. The number of carbonyl (C=O) groups is 1. The molecule has 4 rings (SSSR count). The standard InChI is InChI=1S/C26H27N3O/c1-2-3-16-23(28-26(30)21-14-8-5-9-15-21)25-27-22-17-10-11-18-24(22)29(25)19-20-12-6-4-7-13-20/h4-15,17-18,23H,2-3,16,19H2,1H3,(H,28,30). The van der Waals surface area contributed by atoms with Crippen LogP contribution in [0.4, 0.5) is 0 Å². The molecule has 1 aromatic heterocycles. The fraction of sp³-hybridized carbons (Fsp3) is 0.231. The monoisotopic (exact) mass is 397 g/mol. The van der Waals surface area contributed by atoms with E-state index in [4.69, 9.17) is 4.98 Å². The van der Waals surface area contributed by atoms with Crippen molar-refractivity contribution in [2.24, 2.45) is 0 Å². The van der Waals surface area contributed by atoms with Gasteiger partial charge in [0.25, 0.3) is 5.91 Å². The van der Waals surface area contributed by atoms with Gasteiger partial charge in [-0.1, -0.05) is 80.4 Å². The fourth-order valence-corrected chi connectivity index (χ4v) is 3.80. The highest BCUT2D eigenvalue weighted by Gasteiger charge is 2.22. The molecule has 4 nitrogen and oxygen atoms in total. The summed E-state index contributed by atoms with van der Waals surface area (Å²) >= 11 is 0. The van der Waals surface area contributed by atoms with Crippen molar-refractivity contribution >= 4 is 16.9 Å². The van der Waals surface area contributed by atoms with E-state index in [-0.39, 0.29) is 11.9 Å². The predicted molar refractivity (Wildman–Crippen MR) is 121 cm³/mol. The summed E-state index contributed by atoms with van der Waals surface area (Å²) in [6.07, 6.45) is 2.94. The lowest BCUT2D eigenvalue weighted by Gasteiger charge is -2.20. The number of aromatic nitrogens is 2. The molecule has 0 aliphatic carbocycles. The van der Waals surface area contributed by atoms with Gasteiger partial charge < -0.3 is 9.88 Å². The van der Waals surface area contributed by atoms with Gasteiger partial charge in [0.15, 0.2) is 0 Å². The van der Waals surface area contributed by atoms with Gasteiger partial charge >= 0.3 is 0 Å². The highest BCUT2D eigenvalue weighted by molar-refractivity contribution is 5.94. The lowest BCUT2D eigenvalue weighted by Crippen LogP contribution is -2.30.